The van der Waals surface area contributed by atoms with Gasteiger partial charge >= 0.3 is 0 Å². The number of nitrogens with zero attached hydrogens (tertiary/aromatic N) is 3. The van der Waals surface area contributed by atoms with Gasteiger partial charge in [-0.2, -0.15) is 5.26 Å². The quantitative estimate of drug-likeness (QED) is 0.315. The number of nitrogens with one attached hydrogen (secondary N) is 1. The van der Waals surface area contributed by atoms with Gasteiger partial charge in [0.25, 0.3) is 0 Å². The molecule has 4 bridgehead atoms. The molecule has 0 aromatic heterocycles. The number of halogens is 3. The first-order valence-electron chi connectivity index (χ1n) is 13.1. The molecule has 210 valence electrons. The molecule has 4 N–H and O–H groups in total. The molecule has 1 aromatic rings. The number of hydrogen-bond acceptors (Lipinski definition) is 7. The predicted octanol–water partition coefficient (Wildman–Crippen LogP) is 4.43. The maximum absolute atomic E-state index is 9.90. The van der Waals surface area contributed by atoms with Crippen molar-refractivity contribution in [2.45, 2.75) is 93.2 Å². The molecular formula is C27H43I3N4O3. The number of aliphatic hydroxyl groups is 3. The van der Waals surface area contributed by atoms with Gasteiger partial charge < -0.3 is 25.1 Å². The van der Waals surface area contributed by atoms with E-state index in [1.54, 1.807) is 0 Å². The third-order valence-corrected chi connectivity index (χ3v) is 9.02. The second-order valence-corrected chi connectivity index (χ2v) is 11.0. The molecule has 1 aromatic carbocycles. The van der Waals surface area contributed by atoms with Crippen molar-refractivity contribution in [1.82, 2.24) is 15.1 Å². The van der Waals surface area contributed by atoms with Gasteiger partial charge in [-0.25, -0.2) is 0 Å². The second kappa shape index (κ2) is 16.2. The van der Waals surface area contributed by atoms with Crippen LogP contribution in [0.4, 0.5) is 0 Å². The summed E-state index contributed by atoms with van der Waals surface area (Å²) >= 11 is 4.24. The fourth-order valence-electron chi connectivity index (χ4n) is 6.83. The third-order valence-electron chi connectivity index (χ3n) is 9.02. The Hall–Kier alpha value is 0.660. The summed E-state index contributed by atoms with van der Waals surface area (Å²) in [4.78, 5) is 4.84. The van der Waals surface area contributed by atoms with Crippen molar-refractivity contribution in [3.8, 4) is 6.07 Å². The van der Waals surface area contributed by atoms with Gasteiger partial charge in [0.15, 0.2) is 0 Å². The maximum atomic E-state index is 9.90. The minimum absolute atomic E-state index is 0. The zero-order valence-electron chi connectivity index (χ0n) is 21.8. The van der Waals surface area contributed by atoms with Gasteiger partial charge in [0.2, 0.25) is 0 Å². The highest BCUT2D eigenvalue weighted by Crippen LogP contribution is 2.40. The highest BCUT2D eigenvalue weighted by molar-refractivity contribution is 15.0. The lowest BCUT2D eigenvalue weighted by Gasteiger charge is -2.41. The molecule has 0 aliphatic carbocycles. The molecular weight excluding hydrogens is 809 g/mol. The zero-order valence-corrected chi connectivity index (χ0v) is 28.5. The monoisotopic (exact) mass is 852 g/mol. The van der Waals surface area contributed by atoms with E-state index in [1.165, 1.54) is 25.7 Å². The molecule has 0 radical (unpaired) electrons. The molecule has 10 heteroatoms. The number of nitriles is 1. The number of hydrogen-bond donors (Lipinski definition) is 4. The second-order valence-electron chi connectivity index (χ2n) is 11.0. The Balaban J connectivity index is 0.000000272. The van der Waals surface area contributed by atoms with Crippen molar-refractivity contribution in [3.63, 3.8) is 0 Å². The molecule has 4 heterocycles. The Morgan fingerprint density at radius 3 is 1.92 bits per heavy atom. The van der Waals surface area contributed by atoms with E-state index < -0.39 is 5.60 Å². The minimum Gasteiger partial charge on any atom is -0.394 e. The Morgan fingerprint density at radius 1 is 0.973 bits per heavy atom. The highest BCUT2D eigenvalue weighted by atomic mass is 128. The molecule has 4 unspecified atom stereocenters. The lowest BCUT2D eigenvalue weighted by atomic mass is 9.85. The Kier molecular flexibility index (Phi) is 14.8. The molecule has 37 heavy (non-hydrogen) atoms. The van der Waals surface area contributed by atoms with Gasteiger partial charge in [-0.1, -0.05) is 30.3 Å². The first-order chi connectivity index (χ1) is 17.4. The number of benzene rings is 1. The normalized spacial score (nSPS) is 34.1. The van der Waals surface area contributed by atoms with Gasteiger partial charge in [0, 0.05) is 61.4 Å². The highest BCUT2D eigenvalue weighted by Gasteiger charge is 2.45. The minimum atomic E-state index is -0.779. The van der Waals surface area contributed by atoms with E-state index in [9.17, 15) is 15.5 Å². The van der Waals surface area contributed by atoms with E-state index in [0.29, 0.717) is 30.1 Å². The zero-order chi connectivity index (χ0) is 26.3. The molecule has 6 atom stereocenters. The molecule has 4 aliphatic heterocycles. The van der Waals surface area contributed by atoms with Crippen LogP contribution < -0.4 is 5.32 Å². The number of rotatable bonds is 6. The SMILES string of the molecule is CN1C2CCC1CC(O)(CO)C2.CN1C2CCC1CC([C@@H](C#N)N[C@@H](CO)c1ccccc1)C2.I.II. The van der Waals surface area contributed by atoms with E-state index in [1.807, 2.05) is 30.3 Å². The molecule has 0 amide bonds. The Labute approximate surface area is 263 Å². The van der Waals surface area contributed by atoms with Gasteiger partial charge in [-0.3, -0.25) is 5.32 Å². The fourth-order valence-corrected chi connectivity index (χ4v) is 6.83. The van der Waals surface area contributed by atoms with Crippen molar-refractivity contribution in [2.75, 3.05) is 27.3 Å². The largest absolute Gasteiger partial charge is 0.394 e. The van der Waals surface area contributed by atoms with Crippen molar-refractivity contribution >= 4 is 61.2 Å². The van der Waals surface area contributed by atoms with Crippen LogP contribution in [0.25, 0.3) is 0 Å². The van der Waals surface area contributed by atoms with Gasteiger partial charge in [-0.15, -0.1) is 24.0 Å². The van der Waals surface area contributed by atoms with E-state index >= 15 is 0 Å². The molecule has 0 spiro atoms. The fraction of sp³-hybridized carbons (Fsp3) is 0.741. The lowest BCUT2D eigenvalue weighted by molar-refractivity contribution is -0.0776. The topological polar surface area (TPSA) is 103 Å². The smallest absolute Gasteiger partial charge is 0.0988 e. The van der Waals surface area contributed by atoms with Crippen LogP contribution in [0.15, 0.2) is 30.3 Å². The molecule has 0 saturated carbocycles. The lowest BCUT2D eigenvalue weighted by Crippen LogP contribution is -2.51. The first kappa shape index (κ1) is 33.9. The summed E-state index contributed by atoms with van der Waals surface area (Å²) in [6, 6.07) is 14.3. The van der Waals surface area contributed by atoms with Crippen molar-refractivity contribution in [1.29, 1.82) is 5.26 Å². The summed E-state index contributed by atoms with van der Waals surface area (Å²) < 4.78 is 0. The van der Waals surface area contributed by atoms with Crippen LogP contribution in [0.5, 0.6) is 0 Å². The standard InChI is InChI=1S/C18H25N3O.C9H17NO2.I2.HI/c1-21-15-7-8-16(21)10-14(9-15)17(11-19)20-18(12-22)13-5-3-2-4-6-13;1-10-7-2-3-8(10)5-9(12,4-7)6-11;1-2;/h2-6,14-18,20,22H,7-10,12H2,1H3;7-8,11-12H,2-6H2,1H3;;1H/t14?,15?,16?,17-,18+;;;/m1.../s1. The van der Waals surface area contributed by atoms with Crippen molar-refractivity contribution in [3.05, 3.63) is 35.9 Å². The molecule has 4 aliphatic rings. The number of aliphatic hydroxyl groups excluding tert-OH is 2. The molecule has 4 fully saturated rings. The van der Waals surface area contributed by atoms with Gasteiger partial charge in [0.1, 0.15) is 0 Å². The summed E-state index contributed by atoms with van der Waals surface area (Å²) in [7, 11) is 4.34. The van der Waals surface area contributed by atoms with Crippen LogP contribution in [0.3, 0.4) is 0 Å². The summed E-state index contributed by atoms with van der Waals surface area (Å²) in [5, 5.41) is 41.6. The van der Waals surface area contributed by atoms with Crippen LogP contribution in [-0.4, -0.2) is 88.2 Å². The average Bonchev–Trinajstić information content (AvgIpc) is 3.24. The Morgan fingerprint density at radius 2 is 1.46 bits per heavy atom. The average molecular weight is 852 g/mol. The van der Waals surface area contributed by atoms with Crippen molar-refractivity contribution < 1.29 is 15.3 Å². The first-order valence-corrected chi connectivity index (χ1v) is 19.4. The predicted molar refractivity (Wildman–Crippen MR) is 175 cm³/mol. The van der Waals surface area contributed by atoms with Crippen LogP contribution >= 0.6 is 61.2 Å². The molecule has 5 rings (SSSR count). The van der Waals surface area contributed by atoms with Crippen LogP contribution in [0, 0.1) is 17.2 Å². The summed E-state index contributed by atoms with van der Waals surface area (Å²) in [5.74, 6) is 0.386. The van der Waals surface area contributed by atoms with Gasteiger partial charge in [0.05, 0.1) is 37.0 Å². The third kappa shape index (κ3) is 8.58. The van der Waals surface area contributed by atoms with E-state index in [-0.39, 0.29) is 49.3 Å². The molecule has 7 nitrogen and oxygen atoms in total. The summed E-state index contributed by atoms with van der Waals surface area (Å²) in [5.41, 5.74) is 0.263. The number of piperidine rings is 2. The summed E-state index contributed by atoms with van der Waals surface area (Å²) in [6.07, 6.45) is 8.56. The maximum Gasteiger partial charge on any atom is 0.0988 e. The van der Waals surface area contributed by atoms with Crippen LogP contribution in [0.1, 0.15) is 63.0 Å². The van der Waals surface area contributed by atoms with E-state index in [2.05, 4.69) is 72.5 Å². The van der Waals surface area contributed by atoms with Crippen LogP contribution in [-0.2, 0) is 0 Å². The van der Waals surface area contributed by atoms with Crippen LogP contribution in [0.2, 0.25) is 0 Å². The van der Waals surface area contributed by atoms with Crippen molar-refractivity contribution in [2.24, 2.45) is 5.92 Å². The molecule has 4 saturated heterocycles. The van der Waals surface area contributed by atoms with E-state index in [4.69, 9.17) is 5.11 Å². The Bertz CT molecular complexity index is 818. The van der Waals surface area contributed by atoms with Gasteiger partial charge in [-0.05, 0) is 76.9 Å². The van der Waals surface area contributed by atoms with E-state index in [0.717, 1.165) is 31.2 Å². The summed E-state index contributed by atoms with van der Waals surface area (Å²) in [6.45, 7) is -0.0600. The number of fused-ring (bicyclic) bond motifs is 4.